The van der Waals surface area contributed by atoms with Gasteiger partial charge in [0, 0.05) is 18.2 Å². The maximum atomic E-state index is 12.4. The van der Waals surface area contributed by atoms with Crippen LogP contribution < -0.4 is 10.6 Å². The zero-order valence-corrected chi connectivity index (χ0v) is 13.2. The summed E-state index contributed by atoms with van der Waals surface area (Å²) in [4.78, 5) is 12.4. The van der Waals surface area contributed by atoms with Gasteiger partial charge in [-0.25, -0.2) is 0 Å². The molecular weight excluding hydrogens is 260 g/mol. The van der Waals surface area contributed by atoms with Crippen LogP contribution in [0.25, 0.3) is 0 Å². The highest BCUT2D eigenvalue weighted by atomic mass is 16.1. The van der Waals surface area contributed by atoms with Gasteiger partial charge in [0.05, 0.1) is 0 Å². The van der Waals surface area contributed by atoms with E-state index in [1.54, 1.807) is 0 Å². The van der Waals surface area contributed by atoms with Gasteiger partial charge in [-0.05, 0) is 67.3 Å². The fourth-order valence-electron chi connectivity index (χ4n) is 3.63. The summed E-state index contributed by atoms with van der Waals surface area (Å²) in [6, 6.07) is 6.54. The van der Waals surface area contributed by atoms with E-state index in [0.717, 1.165) is 24.9 Å². The molecule has 2 N–H and O–H groups in total. The molecule has 1 aliphatic carbocycles. The molecular formula is C18H26N2O. The Morgan fingerprint density at radius 3 is 2.90 bits per heavy atom. The van der Waals surface area contributed by atoms with Crippen molar-refractivity contribution in [1.29, 1.82) is 0 Å². The first kappa shape index (κ1) is 14.6. The van der Waals surface area contributed by atoms with Gasteiger partial charge in [0.1, 0.15) is 0 Å². The maximum absolute atomic E-state index is 12.4. The Labute approximate surface area is 127 Å². The van der Waals surface area contributed by atoms with Crippen LogP contribution >= 0.6 is 0 Å². The molecule has 1 unspecified atom stereocenters. The standard InChI is InChI=1S/C18H26N2O/c1-18(2)9-4-10-19-16(18)12-20-17(21)15-8-7-13-5-3-6-14(13)11-15/h7-8,11,16,19H,3-6,9-10,12H2,1-2H3,(H,20,21). The summed E-state index contributed by atoms with van der Waals surface area (Å²) < 4.78 is 0. The molecule has 0 saturated carbocycles. The molecule has 1 atom stereocenters. The summed E-state index contributed by atoms with van der Waals surface area (Å²) in [6.07, 6.45) is 5.95. The van der Waals surface area contributed by atoms with Crippen molar-refractivity contribution in [1.82, 2.24) is 10.6 Å². The average Bonchev–Trinajstić information content (AvgIpc) is 2.92. The van der Waals surface area contributed by atoms with Gasteiger partial charge in [0.2, 0.25) is 0 Å². The number of hydrogen-bond donors (Lipinski definition) is 2. The van der Waals surface area contributed by atoms with Crippen molar-refractivity contribution in [3.8, 4) is 0 Å². The van der Waals surface area contributed by atoms with E-state index >= 15 is 0 Å². The zero-order valence-electron chi connectivity index (χ0n) is 13.2. The van der Waals surface area contributed by atoms with Gasteiger partial charge in [0.15, 0.2) is 0 Å². The summed E-state index contributed by atoms with van der Waals surface area (Å²) in [5.74, 6) is 0.0628. The Bertz CT molecular complexity index is 536. The van der Waals surface area contributed by atoms with Crippen LogP contribution in [0.2, 0.25) is 0 Å². The summed E-state index contributed by atoms with van der Waals surface area (Å²) in [6.45, 7) is 6.34. The van der Waals surface area contributed by atoms with E-state index in [1.165, 1.54) is 30.4 Å². The van der Waals surface area contributed by atoms with Crippen LogP contribution in [0.4, 0.5) is 0 Å². The second-order valence-corrected chi connectivity index (χ2v) is 7.15. The lowest BCUT2D eigenvalue weighted by atomic mass is 9.77. The summed E-state index contributed by atoms with van der Waals surface area (Å²) in [7, 11) is 0. The number of benzene rings is 1. The maximum Gasteiger partial charge on any atom is 0.251 e. The molecule has 3 rings (SSSR count). The van der Waals surface area contributed by atoms with Crippen molar-refractivity contribution in [2.45, 2.75) is 52.0 Å². The van der Waals surface area contributed by atoms with E-state index in [4.69, 9.17) is 0 Å². The van der Waals surface area contributed by atoms with Gasteiger partial charge in [-0.2, -0.15) is 0 Å². The summed E-state index contributed by atoms with van der Waals surface area (Å²) in [5, 5.41) is 6.66. The van der Waals surface area contributed by atoms with Crippen LogP contribution in [0.3, 0.4) is 0 Å². The number of carbonyl (C=O) groups is 1. The molecule has 1 aromatic rings. The van der Waals surface area contributed by atoms with Gasteiger partial charge in [-0.15, -0.1) is 0 Å². The van der Waals surface area contributed by atoms with Crippen LogP contribution in [-0.4, -0.2) is 25.0 Å². The topological polar surface area (TPSA) is 41.1 Å². The highest BCUT2D eigenvalue weighted by molar-refractivity contribution is 5.94. The molecule has 21 heavy (non-hydrogen) atoms. The Hall–Kier alpha value is -1.35. The quantitative estimate of drug-likeness (QED) is 0.897. The Morgan fingerprint density at radius 2 is 2.10 bits per heavy atom. The zero-order chi connectivity index (χ0) is 14.9. The van der Waals surface area contributed by atoms with E-state index in [0.29, 0.717) is 12.6 Å². The first-order chi connectivity index (χ1) is 10.1. The van der Waals surface area contributed by atoms with E-state index in [1.807, 2.05) is 6.07 Å². The van der Waals surface area contributed by atoms with Gasteiger partial charge in [-0.3, -0.25) is 4.79 Å². The third-order valence-corrected chi connectivity index (χ3v) is 5.16. The normalized spacial score (nSPS) is 23.6. The lowest BCUT2D eigenvalue weighted by Crippen LogP contribution is -2.52. The molecule has 114 valence electrons. The van der Waals surface area contributed by atoms with Gasteiger partial charge in [0.25, 0.3) is 5.91 Å². The second-order valence-electron chi connectivity index (χ2n) is 7.15. The third-order valence-electron chi connectivity index (χ3n) is 5.16. The molecule has 0 spiro atoms. The van der Waals surface area contributed by atoms with Gasteiger partial charge >= 0.3 is 0 Å². The fraction of sp³-hybridized carbons (Fsp3) is 0.611. The minimum atomic E-state index is 0.0628. The Morgan fingerprint density at radius 1 is 1.29 bits per heavy atom. The molecule has 1 saturated heterocycles. The molecule has 1 aliphatic heterocycles. The third kappa shape index (κ3) is 3.13. The number of nitrogens with one attached hydrogen (secondary N) is 2. The molecule has 1 aromatic carbocycles. The lowest BCUT2D eigenvalue weighted by molar-refractivity contribution is 0.0929. The minimum Gasteiger partial charge on any atom is -0.350 e. The monoisotopic (exact) mass is 286 g/mol. The van der Waals surface area contributed by atoms with Crippen molar-refractivity contribution in [2.75, 3.05) is 13.1 Å². The second kappa shape index (κ2) is 5.80. The van der Waals surface area contributed by atoms with Crippen molar-refractivity contribution >= 4 is 5.91 Å². The first-order valence-corrected chi connectivity index (χ1v) is 8.20. The smallest absolute Gasteiger partial charge is 0.251 e. The van der Waals surface area contributed by atoms with Crippen molar-refractivity contribution in [3.05, 3.63) is 34.9 Å². The molecule has 0 aromatic heterocycles. The SMILES string of the molecule is CC1(C)CCCNC1CNC(=O)c1ccc2c(c1)CCC2. The van der Waals surface area contributed by atoms with Gasteiger partial charge in [-0.1, -0.05) is 19.9 Å². The van der Waals surface area contributed by atoms with Crippen LogP contribution in [0.1, 0.15) is 54.6 Å². The highest BCUT2D eigenvalue weighted by Gasteiger charge is 2.32. The number of rotatable bonds is 3. The molecule has 1 heterocycles. The lowest BCUT2D eigenvalue weighted by Gasteiger charge is -2.39. The van der Waals surface area contributed by atoms with E-state index in [-0.39, 0.29) is 11.3 Å². The summed E-state index contributed by atoms with van der Waals surface area (Å²) in [5.41, 5.74) is 3.84. The number of piperidine rings is 1. The van der Waals surface area contributed by atoms with Gasteiger partial charge < -0.3 is 10.6 Å². The van der Waals surface area contributed by atoms with Crippen LogP contribution in [-0.2, 0) is 12.8 Å². The average molecular weight is 286 g/mol. The molecule has 1 amide bonds. The number of fused-ring (bicyclic) bond motifs is 1. The van der Waals surface area contributed by atoms with E-state index in [2.05, 4.69) is 36.6 Å². The predicted molar refractivity (Wildman–Crippen MR) is 85.6 cm³/mol. The van der Waals surface area contributed by atoms with Crippen molar-refractivity contribution < 1.29 is 4.79 Å². The Kier molecular flexibility index (Phi) is 4.03. The molecule has 3 heteroatoms. The largest absolute Gasteiger partial charge is 0.350 e. The number of amides is 1. The summed E-state index contributed by atoms with van der Waals surface area (Å²) >= 11 is 0. The molecule has 3 nitrogen and oxygen atoms in total. The van der Waals surface area contributed by atoms with Crippen molar-refractivity contribution in [3.63, 3.8) is 0 Å². The van der Waals surface area contributed by atoms with Crippen LogP contribution in [0.5, 0.6) is 0 Å². The predicted octanol–water partition coefficient (Wildman–Crippen LogP) is 2.68. The first-order valence-electron chi connectivity index (χ1n) is 8.20. The minimum absolute atomic E-state index is 0.0628. The van der Waals surface area contributed by atoms with E-state index < -0.39 is 0 Å². The molecule has 0 radical (unpaired) electrons. The van der Waals surface area contributed by atoms with E-state index in [9.17, 15) is 4.79 Å². The van der Waals surface area contributed by atoms with Crippen LogP contribution in [0.15, 0.2) is 18.2 Å². The number of aryl methyl sites for hydroxylation is 2. The fourth-order valence-corrected chi connectivity index (χ4v) is 3.63. The highest BCUT2D eigenvalue weighted by Crippen LogP contribution is 2.29. The number of carbonyl (C=O) groups excluding carboxylic acids is 1. The molecule has 1 fully saturated rings. The molecule has 0 bridgehead atoms. The van der Waals surface area contributed by atoms with Crippen molar-refractivity contribution in [2.24, 2.45) is 5.41 Å². The number of hydrogen-bond acceptors (Lipinski definition) is 2. The molecule has 2 aliphatic rings. The Balaban J connectivity index is 1.61. The van der Waals surface area contributed by atoms with Crippen LogP contribution in [0, 0.1) is 5.41 Å².